The zero-order valence-electron chi connectivity index (χ0n) is 8.88. The minimum absolute atomic E-state index is 0.195. The number of hydrogen-bond donors (Lipinski definition) is 2. The van der Waals surface area contributed by atoms with E-state index >= 15 is 0 Å². The molecule has 0 saturated carbocycles. The Labute approximate surface area is 85.8 Å². The molecule has 0 aliphatic rings. The molecule has 76 valence electrons. The largest absolute Gasteiger partial charge is 0.271 e. The van der Waals surface area contributed by atoms with E-state index in [1.54, 1.807) is 0 Å². The van der Waals surface area contributed by atoms with E-state index in [0.29, 0.717) is 0 Å². The molecule has 1 aromatic rings. The topological polar surface area (TPSA) is 38.0 Å². The molecule has 1 rings (SSSR count). The van der Waals surface area contributed by atoms with Crippen molar-refractivity contribution in [1.29, 1.82) is 0 Å². The molecular formula is C12H18N2. The summed E-state index contributed by atoms with van der Waals surface area (Å²) in [5.74, 6) is 5.53. The van der Waals surface area contributed by atoms with E-state index in [1.165, 1.54) is 11.1 Å². The molecule has 0 heterocycles. The van der Waals surface area contributed by atoms with Crippen LogP contribution in [0, 0.1) is 0 Å². The molecule has 14 heavy (non-hydrogen) atoms. The molecule has 1 aromatic carbocycles. The fourth-order valence-corrected chi connectivity index (χ4v) is 1.54. The van der Waals surface area contributed by atoms with Crippen LogP contribution in [0.1, 0.15) is 25.0 Å². The number of rotatable bonds is 4. The molecule has 0 saturated heterocycles. The minimum atomic E-state index is -0.195. The molecule has 2 heteroatoms. The molecule has 2 nitrogen and oxygen atoms in total. The number of nitrogens with one attached hydrogen (secondary N) is 1. The Morgan fingerprint density at radius 1 is 1.43 bits per heavy atom. The van der Waals surface area contributed by atoms with Crippen LogP contribution in [-0.4, -0.2) is 0 Å². The minimum Gasteiger partial charge on any atom is -0.271 e. The maximum atomic E-state index is 5.53. The van der Waals surface area contributed by atoms with Crippen molar-refractivity contribution in [3.8, 4) is 0 Å². The Bertz CT molecular complexity index is 316. The van der Waals surface area contributed by atoms with Gasteiger partial charge in [-0.15, -0.1) is 6.58 Å². The molecule has 0 spiro atoms. The lowest BCUT2D eigenvalue weighted by Gasteiger charge is -2.26. The summed E-state index contributed by atoms with van der Waals surface area (Å²) in [5, 5.41) is 0. The van der Waals surface area contributed by atoms with Crippen LogP contribution in [0.25, 0.3) is 0 Å². The number of nitrogens with two attached hydrogens (primary N) is 1. The van der Waals surface area contributed by atoms with E-state index in [9.17, 15) is 0 Å². The van der Waals surface area contributed by atoms with E-state index in [1.807, 2.05) is 18.2 Å². The van der Waals surface area contributed by atoms with Gasteiger partial charge in [0, 0.05) is 0 Å². The third kappa shape index (κ3) is 2.22. The zero-order valence-corrected chi connectivity index (χ0v) is 8.88. The van der Waals surface area contributed by atoms with Gasteiger partial charge in [-0.3, -0.25) is 11.3 Å². The quantitative estimate of drug-likeness (QED) is 0.433. The molecular weight excluding hydrogens is 172 g/mol. The van der Waals surface area contributed by atoms with Gasteiger partial charge in [0.2, 0.25) is 0 Å². The fourth-order valence-electron chi connectivity index (χ4n) is 1.54. The van der Waals surface area contributed by atoms with E-state index < -0.39 is 0 Å². The molecule has 0 unspecified atom stereocenters. The Morgan fingerprint density at radius 2 is 2.07 bits per heavy atom. The van der Waals surface area contributed by atoms with Crippen LogP contribution in [0.2, 0.25) is 0 Å². The predicted molar refractivity (Wildman–Crippen MR) is 60.7 cm³/mol. The number of benzene rings is 1. The van der Waals surface area contributed by atoms with Gasteiger partial charge in [-0.25, -0.2) is 0 Å². The van der Waals surface area contributed by atoms with Crippen molar-refractivity contribution in [2.24, 2.45) is 5.84 Å². The highest BCUT2D eigenvalue weighted by atomic mass is 15.3. The summed E-state index contributed by atoms with van der Waals surface area (Å²) < 4.78 is 0. The summed E-state index contributed by atoms with van der Waals surface area (Å²) in [7, 11) is 0. The van der Waals surface area contributed by atoms with Gasteiger partial charge in [0.05, 0.1) is 5.54 Å². The second kappa shape index (κ2) is 4.40. The fraction of sp³-hybridized carbons (Fsp3) is 0.333. The molecule has 0 radical (unpaired) electrons. The van der Waals surface area contributed by atoms with Crippen LogP contribution in [0.4, 0.5) is 0 Å². The Hall–Kier alpha value is -1.12. The van der Waals surface area contributed by atoms with Crippen molar-refractivity contribution in [3.63, 3.8) is 0 Å². The van der Waals surface area contributed by atoms with E-state index in [4.69, 9.17) is 5.84 Å². The van der Waals surface area contributed by atoms with Crippen LogP contribution in [0.3, 0.4) is 0 Å². The first kappa shape index (κ1) is 11.0. The van der Waals surface area contributed by atoms with Crippen LogP contribution in [-0.2, 0) is 12.0 Å². The molecule has 3 N–H and O–H groups in total. The van der Waals surface area contributed by atoms with E-state index in [2.05, 4.69) is 38.0 Å². The maximum Gasteiger partial charge on any atom is 0.0516 e. The number of allylic oxidation sites excluding steroid dienone is 1. The molecule has 0 aliphatic carbocycles. The molecule has 0 aromatic heterocycles. The maximum absolute atomic E-state index is 5.53. The Morgan fingerprint density at radius 3 is 2.64 bits per heavy atom. The van der Waals surface area contributed by atoms with Gasteiger partial charge in [0.1, 0.15) is 0 Å². The first-order valence-electron chi connectivity index (χ1n) is 4.79. The first-order valence-corrected chi connectivity index (χ1v) is 4.79. The van der Waals surface area contributed by atoms with Crippen LogP contribution in [0.15, 0.2) is 36.9 Å². The normalized spacial score (nSPS) is 11.4. The Kier molecular flexibility index (Phi) is 3.44. The molecule has 0 atom stereocenters. The lowest BCUT2D eigenvalue weighted by molar-refractivity contribution is 0.412. The lowest BCUT2D eigenvalue weighted by atomic mass is 9.89. The SMILES string of the molecule is C=CCc1ccccc1C(C)(C)NN. The van der Waals surface area contributed by atoms with E-state index in [0.717, 1.165) is 6.42 Å². The monoisotopic (exact) mass is 190 g/mol. The average Bonchev–Trinajstić information content (AvgIpc) is 2.19. The highest BCUT2D eigenvalue weighted by molar-refractivity contribution is 5.33. The summed E-state index contributed by atoms with van der Waals surface area (Å²) >= 11 is 0. The van der Waals surface area contributed by atoms with E-state index in [-0.39, 0.29) is 5.54 Å². The first-order chi connectivity index (χ1) is 6.61. The molecule has 0 aliphatic heterocycles. The van der Waals surface area contributed by atoms with Crippen molar-refractivity contribution in [2.75, 3.05) is 0 Å². The Balaban J connectivity index is 3.12. The van der Waals surface area contributed by atoms with Gasteiger partial charge < -0.3 is 0 Å². The standard InChI is InChI=1S/C12H18N2/c1-4-7-10-8-5-6-9-11(10)12(2,3)14-13/h4-6,8-9,14H,1,7,13H2,2-3H3. The summed E-state index contributed by atoms with van der Waals surface area (Å²) in [6.07, 6.45) is 2.78. The lowest BCUT2D eigenvalue weighted by Crippen LogP contribution is -2.42. The third-order valence-corrected chi connectivity index (χ3v) is 2.42. The van der Waals surface area contributed by atoms with Gasteiger partial charge in [-0.2, -0.15) is 0 Å². The van der Waals surface area contributed by atoms with Crippen molar-refractivity contribution >= 4 is 0 Å². The van der Waals surface area contributed by atoms with Crippen LogP contribution >= 0.6 is 0 Å². The summed E-state index contributed by atoms with van der Waals surface area (Å²) in [6, 6.07) is 8.27. The van der Waals surface area contributed by atoms with Crippen molar-refractivity contribution < 1.29 is 0 Å². The van der Waals surface area contributed by atoms with Crippen molar-refractivity contribution in [2.45, 2.75) is 25.8 Å². The van der Waals surface area contributed by atoms with Crippen LogP contribution < -0.4 is 11.3 Å². The highest BCUT2D eigenvalue weighted by Gasteiger charge is 2.20. The number of hydrazine groups is 1. The van der Waals surface area contributed by atoms with Crippen molar-refractivity contribution in [1.82, 2.24) is 5.43 Å². The van der Waals surface area contributed by atoms with Gasteiger partial charge in [0.25, 0.3) is 0 Å². The van der Waals surface area contributed by atoms with Gasteiger partial charge in [-0.1, -0.05) is 30.3 Å². The number of hydrogen-bond acceptors (Lipinski definition) is 2. The second-order valence-corrected chi connectivity index (χ2v) is 3.92. The summed E-state index contributed by atoms with van der Waals surface area (Å²) in [6.45, 7) is 7.88. The van der Waals surface area contributed by atoms with Crippen LogP contribution in [0.5, 0.6) is 0 Å². The predicted octanol–water partition coefficient (Wildman–Crippen LogP) is 2.11. The molecule has 0 bridgehead atoms. The smallest absolute Gasteiger partial charge is 0.0516 e. The van der Waals surface area contributed by atoms with Gasteiger partial charge in [0.15, 0.2) is 0 Å². The highest BCUT2D eigenvalue weighted by Crippen LogP contribution is 2.23. The van der Waals surface area contributed by atoms with Crippen molar-refractivity contribution in [3.05, 3.63) is 48.0 Å². The second-order valence-electron chi connectivity index (χ2n) is 3.92. The molecule has 0 amide bonds. The summed E-state index contributed by atoms with van der Waals surface area (Å²) in [4.78, 5) is 0. The average molecular weight is 190 g/mol. The zero-order chi connectivity index (χ0) is 10.6. The summed E-state index contributed by atoms with van der Waals surface area (Å²) in [5.41, 5.74) is 5.12. The van der Waals surface area contributed by atoms with Gasteiger partial charge >= 0.3 is 0 Å². The van der Waals surface area contributed by atoms with Gasteiger partial charge in [-0.05, 0) is 31.4 Å². The third-order valence-electron chi connectivity index (χ3n) is 2.42. The molecule has 0 fully saturated rings.